The van der Waals surface area contributed by atoms with Crippen molar-refractivity contribution in [2.24, 2.45) is 0 Å². The first-order chi connectivity index (χ1) is 9.75. The molecule has 20 heavy (non-hydrogen) atoms. The normalized spacial score (nSPS) is 10.7. The van der Waals surface area contributed by atoms with Gasteiger partial charge in [-0.05, 0) is 23.8 Å². The van der Waals surface area contributed by atoms with Gasteiger partial charge in [0.25, 0.3) is 5.91 Å². The Morgan fingerprint density at radius 2 is 1.95 bits per heavy atom. The zero-order chi connectivity index (χ0) is 13.9. The SMILES string of the molecule is CN(Cc1ccncc1)C(=O)c1n[nH]c2ccccc12. The molecule has 3 aromatic rings. The number of carbonyl (C=O) groups is 1. The van der Waals surface area contributed by atoms with E-state index >= 15 is 0 Å². The van der Waals surface area contributed by atoms with E-state index in [1.807, 2.05) is 36.4 Å². The molecule has 0 aliphatic rings. The van der Waals surface area contributed by atoms with Gasteiger partial charge in [0.05, 0.1) is 5.52 Å². The van der Waals surface area contributed by atoms with Gasteiger partial charge in [0, 0.05) is 31.4 Å². The number of para-hydroxylation sites is 1. The summed E-state index contributed by atoms with van der Waals surface area (Å²) in [4.78, 5) is 18.1. The molecule has 0 unspecified atom stereocenters. The summed E-state index contributed by atoms with van der Waals surface area (Å²) in [5, 5.41) is 7.86. The van der Waals surface area contributed by atoms with E-state index in [0.717, 1.165) is 16.5 Å². The van der Waals surface area contributed by atoms with Gasteiger partial charge < -0.3 is 4.90 Å². The van der Waals surface area contributed by atoms with Crippen molar-refractivity contribution in [3.05, 3.63) is 60.0 Å². The lowest BCUT2D eigenvalue weighted by Gasteiger charge is -2.15. The second-order valence-electron chi connectivity index (χ2n) is 4.63. The van der Waals surface area contributed by atoms with Crippen molar-refractivity contribution in [2.45, 2.75) is 6.54 Å². The number of carbonyl (C=O) groups excluding carboxylic acids is 1. The van der Waals surface area contributed by atoms with Crippen LogP contribution in [-0.2, 0) is 6.54 Å². The minimum Gasteiger partial charge on any atom is -0.336 e. The van der Waals surface area contributed by atoms with Crippen LogP contribution in [0.1, 0.15) is 16.1 Å². The number of pyridine rings is 1. The van der Waals surface area contributed by atoms with Crippen LogP contribution in [0.4, 0.5) is 0 Å². The molecule has 1 aromatic carbocycles. The summed E-state index contributed by atoms with van der Waals surface area (Å²) in [6.07, 6.45) is 3.44. The highest BCUT2D eigenvalue weighted by Crippen LogP contribution is 2.17. The summed E-state index contributed by atoms with van der Waals surface area (Å²) < 4.78 is 0. The number of benzene rings is 1. The summed E-state index contributed by atoms with van der Waals surface area (Å²) in [5.74, 6) is -0.0979. The van der Waals surface area contributed by atoms with Crippen molar-refractivity contribution < 1.29 is 4.79 Å². The standard InChI is InChI=1S/C15H14N4O/c1-19(10-11-6-8-16-9-7-11)15(20)14-12-4-2-3-5-13(12)17-18-14/h2-9H,10H2,1H3,(H,17,18). The van der Waals surface area contributed by atoms with E-state index < -0.39 is 0 Å². The maximum atomic E-state index is 12.5. The molecular weight excluding hydrogens is 252 g/mol. The number of aromatic nitrogens is 3. The molecule has 0 aliphatic heterocycles. The fourth-order valence-electron chi connectivity index (χ4n) is 2.14. The first kappa shape index (κ1) is 12.3. The molecule has 0 fully saturated rings. The van der Waals surface area contributed by atoms with Gasteiger partial charge in [-0.1, -0.05) is 18.2 Å². The molecule has 0 radical (unpaired) electrons. The van der Waals surface area contributed by atoms with Crippen LogP contribution in [-0.4, -0.2) is 33.0 Å². The molecule has 5 nitrogen and oxygen atoms in total. The second-order valence-corrected chi connectivity index (χ2v) is 4.63. The fourth-order valence-corrected chi connectivity index (χ4v) is 2.14. The van der Waals surface area contributed by atoms with E-state index in [1.54, 1.807) is 24.3 Å². The third kappa shape index (κ3) is 2.25. The number of hydrogen-bond donors (Lipinski definition) is 1. The lowest BCUT2D eigenvalue weighted by atomic mass is 10.2. The van der Waals surface area contributed by atoms with Crippen LogP contribution >= 0.6 is 0 Å². The maximum absolute atomic E-state index is 12.5. The van der Waals surface area contributed by atoms with Crippen LogP contribution in [0.15, 0.2) is 48.8 Å². The number of H-pyrrole nitrogens is 1. The van der Waals surface area contributed by atoms with Crippen LogP contribution < -0.4 is 0 Å². The third-order valence-corrected chi connectivity index (χ3v) is 3.19. The Labute approximate surface area is 116 Å². The molecule has 100 valence electrons. The van der Waals surface area contributed by atoms with Crippen LogP contribution in [0.5, 0.6) is 0 Å². The number of nitrogens with zero attached hydrogens (tertiary/aromatic N) is 3. The van der Waals surface area contributed by atoms with Gasteiger partial charge in [0.2, 0.25) is 0 Å². The number of fused-ring (bicyclic) bond motifs is 1. The molecule has 1 N–H and O–H groups in total. The Morgan fingerprint density at radius 1 is 1.20 bits per heavy atom. The molecule has 3 rings (SSSR count). The number of amides is 1. The zero-order valence-electron chi connectivity index (χ0n) is 11.1. The lowest BCUT2D eigenvalue weighted by Crippen LogP contribution is -2.26. The number of nitrogens with one attached hydrogen (secondary N) is 1. The maximum Gasteiger partial charge on any atom is 0.275 e. The molecule has 0 bridgehead atoms. The van der Waals surface area contributed by atoms with Crippen molar-refractivity contribution in [2.75, 3.05) is 7.05 Å². The number of hydrogen-bond acceptors (Lipinski definition) is 3. The number of aromatic amines is 1. The van der Waals surface area contributed by atoms with Gasteiger partial charge in [-0.25, -0.2) is 0 Å². The van der Waals surface area contributed by atoms with E-state index in [0.29, 0.717) is 12.2 Å². The van der Waals surface area contributed by atoms with Crippen LogP contribution in [0.3, 0.4) is 0 Å². The molecule has 2 heterocycles. The van der Waals surface area contributed by atoms with E-state index in [4.69, 9.17) is 0 Å². The Kier molecular flexibility index (Phi) is 3.16. The van der Waals surface area contributed by atoms with Crippen molar-refractivity contribution >= 4 is 16.8 Å². The van der Waals surface area contributed by atoms with E-state index in [9.17, 15) is 4.79 Å². The summed E-state index contributed by atoms with van der Waals surface area (Å²) >= 11 is 0. The van der Waals surface area contributed by atoms with Gasteiger partial charge in [0.15, 0.2) is 5.69 Å². The summed E-state index contributed by atoms with van der Waals surface area (Å²) in [5.41, 5.74) is 2.36. The van der Waals surface area contributed by atoms with E-state index in [1.165, 1.54) is 0 Å². The monoisotopic (exact) mass is 266 g/mol. The fraction of sp³-hybridized carbons (Fsp3) is 0.133. The van der Waals surface area contributed by atoms with Crippen molar-refractivity contribution in [3.63, 3.8) is 0 Å². The topological polar surface area (TPSA) is 61.9 Å². The molecule has 0 atom stereocenters. The Hall–Kier alpha value is -2.69. The first-order valence-electron chi connectivity index (χ1n) is 6.33. The predicted octanol–water partition coefficient (Wildman–Crippen LogP) is 2.23. The highest BCUT2D eigenvalue weighted by molar-refractivity contribution is 6.04. The Balaban J connectivity index is 1.85. The molecule has 0 saturated heterocycles. The highest BCUT2D eigenvalue weighted by Gasteiger charge is 2.17. The smallest absolute Gasteiger partial charge is 0.275 e. The molecule has 0 aliphatic carbocycles. The van der Waals surface area contributed by atoms with Crippen molar-refractivity contribution in [3.8, 4) is 0 Å². The molecule has 0 saturated carbocycles. The Morgan fingerprint density at radius 3 is 2.75 bits per heavy atom. The van der Waals surface area contributed by atoms with E-state index in [-0.39, 0.29) is 5.91 Å². The van der Waals surface area contributed by atoms with Crippen LogP contribution in [0.2, 0.25) is 0 Å². The Bertz CT molecular complexity index is 736. The van der Waals surface area contributed by atoms with Crippen LogP contribution in [0.25, 0.3) is 10.9 Å². The van der Waals surface area contributed by atoms with Crippen molar-refractivity contribution in [1.29, 1.82) is 0 Å². The summed E-state index contributed by atoms with van der Waals surface area (Å²) in [7, 11) is 1.77. The van der Waals surface area contributed by atoms with E-state index in [2.05, 4.69) is 15.2 Å². The number of rotatable bonds is 3. The van der Waals surface area contributed by atoms with Gasteiger partial charge >= 0.3 is 0 Å². The molecule has 0 spiro atoms. The average molecular weight is 266 g/mol. The minimum absolute atomic E-state index is 0.0979. The lowest BCUT2D eigenvalue weighted by molar-refractivity contribution is 0.0781. The third-order valence-electron chi connectivity index (χ3n) is 3.19. The predicted molar refractivity (Wildman–Crippen MR) is 76.1 cm³/mol. The van der Waals surface area contributed by atoms with Gasteiger partial charge in [-0.15, -0.1) is 0 Å². The summed E-state index contributed by atoms with van der Waals surface area (Å²) in [6, 6.07) is 11.4. The molecule has 2 aromatic heterocycles. The minimum atomic E-state index is -0.0979. The molecular formula is C15H14N4O. The first-order valence-corrected chi connectivity index (χ1v) is 6.33. The summed E-state index contributed by atoms with van der Waals surface area (Å²) in [6.45, 7) is 0.530. The quantitative estimate of drug-likeness (QED) is 0.790. The average Bonchev–Trinajstić information content (AvgIpc) is 2.91. The van der Waals surface area contributed by atoms with Crippen molar-refractivity contribution in [1.82, 2.24) is 20.1 Å². The largest absolute Gasteiger partial charge is 0.336 e. The molecule has 5 heteroatoms. The van der Waals surface area contributed by atoms with Gasteiger partial charge in [-0.3, -0.25) is 14.9 Å². The van der Waals surface area contributed by atoms with Gasteiger partial charge in [0.1, 0.15) is 0 Å². The second kappa shape index (κ2) is 5.13. The highest BCUT2D eigenvalue weighted by atomic mass is 16.2. The van der Waals surface area contributed by atoms with Crippen LogP contribution in [0, 0.1) is 0 Å². The van der Waals surface area contributed by atoms with Gasteiger partial charge in [-0.2, -0.15) is 5.10 Å². The zero-order valence-corrected chi connectivity index (χ0v) is 11.1. The molecule has 1 amide bonds.